The Morgan fingerprint density at radius 1 is 0.944 bits per heavy atom. The first-order chi connectivity index (χ1) is 8.77. The van der Waals surface area contributed by atoms with Crippen LogP contribution in [0, 0.1) is 0 Å². The summed E-state index contributed by atoms with van der Waals surface area (Å²) in [6.45, 7) is 3.49. The van der Waals surface area contributed by atoms with Gasteiger partial charge in [0.05, 0.1) is 6.10 Å². The molecule has 0 aliphatic rings. The van der Waals surface area contributed by atoms with Gasteiger partial charge in [0.1, 0.15) is 6.29 Å². The van der Waals surface area contributed by atoms with Crippen molar-refractivity contribution < 1.29 is 9.90 Å². The highest BCUT2D eigenvalue weighted by Crippen LogP contribution is 2.11. The molecule has 1 unspecified atom stereocenters. The van der Waals surface area contributed by atoms with E-state index in [4.69, 9.17) is 0 Å². The maximum absolute atomic E-state index is 10.0. The average molecular weight is 240 g/mol. The van der Waals surface area contributed by atoms with E-state index in [1.54, 1.807) is 12.1 Å². The maximum Gasteiger partial charge on any atom is 0.150 e. The van der Waals surface area contributed by atoms with E-state index in [2.05, 4.69) is 6.58 Å². The van der Waals surface area contributed by atoms with Crippen LogP contribution in [0.2, 0.25) is 0 Å². The van der Waals surface area contributed by atoms with Crippen LogP contribution in [-0.2, 0) is 0 Å². The predicted octanol–water partition coefficient (Wildman–Crippen LogP) is 3.41. The second-order valence-corrected chi connectivity index (χ2v) is 3.62. The van der Waals surface area contributed by atoms with E-state index in [0.717, 1.165) is 17.4 Å². The standard InChI is InChI=1S/C9H10O.C7H6O/c1-2-9(10)8-6-4-3-5-7-8;8-6-7-4-2-1-3-5-7/h2-7,9-10H,1H2;1-6H. The number of rotatable bonds is 3. The average Bonchev–Trinajstić information content (AvgIpc) is 2.49. The molecule has 2 nitrogen and oxygen atoms in total. The van der Waals surface area contributed by atoms with Gasteiger partial charge in [0.15, 0.2) is 0 Å². The van der Waals surface area contributed by atoms with Gasteiger partial charge in [-0.3, -0.25) is 4.79 Å². The molecule has 0 bridgehead atoms. The summed E-state index contributed by atoms with van der Waals surface area (Å²) in [6, 6.07) is 18.5. The van der Waals surface area contributed by atoms with E-state index in [1.807, 2.05) is 48.5 Å². The molecule has 0 aliphatic heterocycles. The highest BCUT2D eigenvalue weighted by atomic mass is 16.3. The van der Waals surface area contributed by atoms with Gasteiger partial charge in [-0.25, -0.2) is 0 Å². The van der Waals surface area contributed by atoms with Gasteiger partial charge in [-0.15, -0.1) is 6.58 Å². The van der Waals surface area contributed by atoms with E-state index >= 15 is 0 Å². The molecule has 1 atom stereocenters. The second kappa shape index (κ2) is 7.98. The highest BCUT2D eigenvalue weighted by Gasteiger charge is 1.98. The van der Waals surface area contributed by atoms with Crippen molar-refractivity contribution in [2.45, 2.75) is 6.10 Å². The first-order valence-electron chi connectivity index (χ1n) is 5.63. The number of aliphatic hydroxyl groups excluding tert-OH is 1. The third kappa shape index (κ3) is 4.76. The molecule has 0 spiro atoms. The summed E-state index contributed by atoms with van der Waals surface area (Å²) in [5, 5.41) is 9.21. The molecule has 0 fully saturated rings. The molecule has 0 saturated carbocycles. The zero-order chi connectivity index (χ0) is 13.2. The van der Waals surface area contributed by atoms with Crippen LogP contribution >= 0.6 is 0 Å². The monoisotopic (exact) mass is 240 g/mol. The van der Waals surface area contributed by atoms with Crippen LogP contribution in [0.5, 0.6) is 0 Å². The Balaban J connectivity index is 0.000000184. The molecular weight excluding hydrogens is 224 g/mol. The first-order valence-corrected chi connectivity index (χ1v) is 5.63. The molecule has 0 amide bonds. The normalized spacial score (nSPS) is 10.7. The number of carbonyl (C=O) groups excluding carboxylic acids is 1. The molecule has 1 N–H and O–H groups in total. The summed E-state index contributed by atoms with van der Waals surface area (Å²) in [5.74, 6) is 0. The van der Waals surface area contributed by atoms with E-state index in [-0.39, 0.29) is 0 Å². The molecule has 0 heterocycles. The second-order valence-electron chi connectivity index (χ2n) is 3.62. The van der Waals surface area contributed by atoms with Gasteiger partial charge in [0.2, 0.25) is 0 Å². The lowest BCUT2D eigenvalue weighted by Crippen LogP contribution is -1.90. The van der Waals surface area contributed by atoms with Gasteiger partial charge < -0.3 is 5.11 Å². The lowest BCUT2D eigenvalue weighted by molar-refractivity contribution is 0.112. The number of hydrogen-bond donors (Lipinski definition) is 1. The van der Waals surface area contributed by atoms with Crippen molar-refractivity contribution in [1.29, 1.82) is 0 Å². The topological polar surface area (TPSA) is 37.3 Å². The Labute approximate surface area is 107 Å². The number of hydrogen-bond acceptors (Lipinski definition) is 2. The van der Waals surface area contributed by atoms with Crippen LogP contribution < -0.4 is 0 Å². The molecule has 0 aromatic heterocycles. The van der Waals surface area contributed by atoms with Gasteiger partial charge in [0.25, 0.3) is 0 Å². The van der Waals surface area contributed by atoms with Crippen LogP contribution in [0.25, 0.3) is 0 Å². The summed E-state index contributed by atoms with van der Waals surface area (Å²) in [5.41, 5.74) is 1.62. The van der Waals surface area contributed by atoms with E-state index in [0.29, 0.717) is 0 Å². The molecule has 2 rings (SSSR count). The van der Waals surface area contributed by atoms with Crippen LogP contribution in [0.1, 0.15) is 22.0 Å². The Hall–Kier alpha value is -2.19. The summed E-state index contributed by atoms with van der Waals surface area (Å²) < 4.78 is 0. The summed E-state index contributed by atoms with van der Waals surface area (Å²) in [6.07, 6.45) is 1.82. The van der Waals surface area contributed by atoms with Crippen molar-refractivity contribution in [2.24, 2.45) is 0 Å². The predicted molar refractivity (Wildman–Crippen MR) is 73.4 cm³/mol. The quantitative estimate of drug-likeness (QED) is 0.659. The molecule has 92 valence electrons. The molecular formula is C16H16O2. The van der Waals surface area contributed by atoms with Gasteiger partial charge in [-0.05, 0) is 5.56 Å². The molecule has 18 heavy (non-hydrogen) atoms. The third-order valence-electron chi connectivity index (χ3n) is 2.30. The fourth-order valence-corrected chi connectivity index (χ4v) is 1.32. The van der Waals surface area contributed by atoms with E-state index in [9.17, 15) is 9.90 Å². The van der Waals surface area contributed by atoms with E-state index in [1.165, 1.54) is 6.08 Å². The number of benzene rings is 2. The minimum absolute atomic E-state index is 0.527. The fraction of sp³-hybridized carbons (Fsp3) is 0.0625. The molecule has 0 radical (unpaired) electrons. The van der Waals surface area contributed by atoms with E-state index < -0.39 is 6.10 Å². The Bertz CT molecular complexity index is 463. The van der Waals surface area contributed by atoms with Gasteiger partial charge in [-0.1, -0.05) is 66.7 Å². The number of carbonyl (C=O) groups is 1. The van der Waals surface area contributed by atoms with Gasteiger partial charge in [-0.2, -0.15) is 0 Å². The smallest absolute Gasteiger partial charge is 0.150 e. The van der Waals surface area contributed by atoms with Gasteiger partial charge in [0, 0.05) is 5.56 Å². The Morgan fingerprint density at radius 3 is 1.83 bits per heavy atom. The van der Waals surface area contributed by atoms with Gasteiger partial charge >= 0.3 is 0 Å². The van der Waals surface area contributed by atoms with Crippen molar-refractivity contribution in [2.75, 3.05) is 0 Å². The van der Waals surface area contributed by atoms with Crippen molar-refractivity contribution >= 4 is 6.29 Å². The minimum Gasteiger partial charge on any atom is -0.384 e. The fourth-order valence-electron chi connectivity index (χ4n) is 1.32. The molecule has 2 heteroatoms. The first kappa shape index (κ1) is 13.9. The summed E-state index contributed by atoms with van der Waals surface area (Å²) >= 11 is 0. The minimum atomic E-state index is -0.527. The SMILES string of the molecule is C=CC(O)c1ccccc1.O=Cc1ccccc1. The summed E-state index contributed by atoms with van der Waals surface area (Å²) in [4.78, 5) is 10.0. The van der Waals surface area contributed by atoms with Crippen LogP contribution in [-0.4, -0.2) is 11.4 Å². The summed E-state index contributed by atoms with van der Waals surface area (Å²) in [7, 11) is 0. The maximum atomic E-state index is 10.0. The molecule has 0 aliphatic carbocycles. The Morgan fingerprint density at radius 2 is 1.44 bits per heavy atom. The molecule has 2 aromatic carbocycles. The zero-order valence-corrected chi connectivity index (χ0v) is 10.1. The van der Waals surface area contributed by atoms with Crippen molar-refractivity contribution in [3.05, 3.63) is 84.4 Å². The van der Waals surface area contributed by atoms with Crippen LogP contribution in [0.15, 0.2) is 73.3 Å². The third-order valence-corrected chi connectivity index (χ3v) is 2.30. The lowest BCUT2D eigenvalue weighted by atomic mass is 10.1. The molecule has 2 aromatic rings. The highest BCUT2D eigenvalue weighted by molar-refractivity contribution is 5.74. The molecule has 0 saturated heterocycles. The zero-order valence-electron chi connectivity index (χ0n) is 10.1. The van der Waals surface area contributed by atoms with Crippen molar-refractivity contribution in [3.63, 3.8) is 0 Å². The van der Waals surface area contributed by atoms with Crippen molar-refractivity contribution in [1.82, 2.24) is 0 Å². The number of aldehydes is 1. The largest absolute Gasteiger partial charge is 0.384 e. The number of aliphatic hydroxyl groups is 1. The van der Waals surface area contributed by atoms with Crippen molar-refractivity contribution in [3.8, 4) is 0 Å². The Kier molecular flexibility index (Phi) is 6.15. The van der Waals surface area contributed by atoms with Crippen LogP contribution in [0.4, 0.5) is 0 Å². The lowest BCUT2D eigenvalue weighted by Gasteiger charge is -2.02. The van der Waals surface area contributed by atoms with Crippen LogP contribution in [0.3, 0.4) is 0 Å².